The molecule has 0 radical (unpaired) electrons. The second kappa shape index (κ2) is 13.7. The van der Waals surface area contributed by atoms with Crippen molar-refractivity contribution in [3.8, 4) is 0 Å². The third-order valence-electron chi connectivity index (χ3n) is 3.42. The molecule has 0 aliphatic rings. The molecule has 0 spiro atoms. The minimum atomic E-state index is -1.06. The van der Waals surface area contributed by atoms with Crippen LogP contribution in [0.2, 0.25) is 0 Å². The first kappa shape index (κ1) is 19.7. The van der Waals surface area contributed by atoms with Crippen molar-refractivity contribution < 1.29 is 14.7 Å². The monoisotopic (exact) mass is 297 g/mol. The van der Waals surface area contributed by atoms with E-state index in [4.69, 9.17) is 5.11 Å². The van der Waals surface area contributed by atoms with E-state index in [2.05, 4.69) is 12.2 Å². The Bertz CT molecular complexity index is 324. The molecule has 0 aromatic heterocycles. The molecule has 0 aliphatic heterocycles. The highest BCUT2D eigenvalue weighted by Crippen LogP contribution is 2.08. The highest BCUT2D eigenvalue weighted by Gasteiger charge is 2.10. The molecule has 4 nitrogen and oxygen atoms in total. The summed E-state index contributed by atoms with van der Waals surface area (Å²) in [5.74, 6) is -1.24. The van der Waals surface area contributed by atoms with Gasteiger partial charge < -0.3 is 10.4 Å². The average molecular weight is 297 g/mol. The van der Waals surface area contributed by atoms with Gasteiger partial charge in [-0.05, 0) is 19.3 Å². The third kappa shape index (κ3) is 12.2. The number of hydrogen-bond donors (Lipinski definition) is 2. The Morgan fingerprint density at radius 1 is 0.905 bits per heavy atom. The van der Waals surface area contributed by atoms with E-state index < -0.39 is 5.97 Å². The van der Waals surface area contributed by atoms with E-state index in [-0.39, 0.29) is 11.6 Å². The molecule has 0 saturated carbocycles. The van der Waals surface area contributed by atoms with Crippen LogP contribution in [0.1, 0.15) is 84.5 Å². The summed E-state index contributed by atoms with van der Waals surface area (Å²) in [6.45, 7) is 4.24. The van der Waals surface area contributed by atoms with Gasteiger partial charge in [0.2, 0.25) is 5.91 Å². The summed E-state index contributed by atoms with van der Waals surface area (Å²) in [6.07, 6.45) is 12.7. The molecule has 21 heavy (non-hydrogen) atoms. The maximum absolute atomic E-state index is 11.7. The van der Waals surface area contributed by atoms with Crippen LogP contribution < -0.4 is 5.32 Å². The number of allylic oxidation sites excluding steroid dienone is 1. The zero-order valence-electron chi connectivity index (χ0n) is 13.6. The zero-order valence-corrected chi connectivity index (χ0v) is 13.6. The summed E-state index contributed by atoms with van der Waals surface area (Å²) in [4.78, 5) is 22.7. The molecular formula is C17H31NO3. The number of amides is 1. The van der Waals surface area contributed by atoms with Gasteiger partial charge in [-0.3, -0.25) is 4.79 Å². The SMILES string of the molecule is CCCCC=C(NC(=O)CCCCCCCCC)C(=O)O. The summed E-state index contributed by atoms with van der Waals surface area (Å²) in [7, 11) is 0. The normalized spacial score (nSPS) is 11.4. The van der Waals surface area contributed by atoms with Crippen LogP contribution in [0.4, 0.5) is 0 Å². The lowest BCUT2D eigenvalue weighted by Crippen LogP contribution is -2.27. The van der Waals surface area contributed by atoms with Gasteiger partial charge in [0.25, 0.3) is 0 Å². The molecule has 0 heterocycles. The fraction of sp³-hybridized carbons (Fsp3) is 0.765. The highest BCUT2D eigenvalue weighted by molar-refractivity contribution is 5.92. The maximum atomic E-state index is 11.7. The zero-order chi connectivity index (χ0) is 15.9. The van der Waals surface area contributed by atoms with Gasteiger partial charge in [-0.2, -0.15) is 0 Å². The van der Waals surface area contributed by atoms with Crippen LogP contribution in [0.25, 0.3) is 0 Å². The Balaban J connectivity index is 3.83. The predicted octanol–water partition coefficient (Wildman–Crippen LogP) is 4.40. The number of carboxylic acids is 1. The van der Waals surface area contributed by atoms with E-state index >= 15 is 0 Å². The minimum absolute atomic E-state index is 0.0244. The number of carboxylic acid groups (broad SMARTS) is 1. The number of aliphatic carboxylic acids is 1. The van der Waals surface area contributed by atoms with Gasteiger partial charge in [-0.15, -0.1) is 0 Å². The lowest BCUT2D eigenvalue weighted by atomic mass is 10.1. The number of rotatable bonds is 13. The number of unbranched alkanes of at least 4 members (excludes halogenated alkanes) is 8. The quantitative estimate of drug-likeness (QED) is 0.391. The number of carbonyl (C=O) groups excluding carboxylic acids is 1. The minimum Gasteiger partial charge on any atom is -0.477 e. The molecular weight excluding hydrogens is 266 g/mol. The van der Waals surface area contributed by atoms with Crippen LogP contribution in [0.15, 0.2) is 11.8 Å². The largest absolute Gasteiger partial charge is 0.477 e. The summed E-state index contributed by atoms with van der Waals surface area (Å²) in [6, 6.07) is 0. The number of nitrogens with one attached hydrogen (secondary N) is 1. The first-order valence-electron chi connectivity index (χ1n) is 8.35. The Morgan fingerprint density at radius 3 is 2.05 bits per heavy atom. The van der Waals surface area contributed by atoms with Crippen molar-refractivity contribution in [2.45, 2.75) is 84.5 Å². The van der Waals surface area contributed by atoms with E-state index in [9.17, 15) is 9.59 Å². The first-order valence-corrected chi connectivity index (χ1v) is 8.35. The van der Waals surface area contributed by atoms with E-state index in [1.165, 1.54) is 25.7 Å². The Morgan fingerprint density at radius 2 is 1.48 bits per heavy atom. The van der Waals surface area contributed by atoms with Gasteiger partial charge in [0.1, 0.15) is 5.70 Å². The van der Waals surface area contributed by atoms with E-state index in [1.807, 2.05) is 6.92 Å². The molecule has 0 atom stereocenters. The molecule has 0 aromatic carbocycles. The van der Waals surface area contributed by atoms with Crippen molar-refractivity contribution in [3.05, 3.63) is 11.8 Å². The fourth-order valence-electron chi connectivity index (χ4n) is 2.10. The molecule has 0 rings (SSSR count). The Labute approximate surface area is 129 Å². The summed E-state index contributed by atoms with van der Waals surface area (Å²) in [5, 5.41) is 11.5. The smallest absolute Gasteiger partial charge is 0.352 e. The van der Waals surface area contributed by atoms with Gasteiger partial charge in [0.05, 0.1) is 0 Å². The van der Waals surface area contributed by atoms with Crippen molar-refractivity contribution in [1.82, 2.24) is 5.32 Å². The standard InChI is InChI=1S/C17H31NO3/c1-3-5-7-8-9-10-12-14-16(19)18-15(17(20)21)13-11-6-4-2/h13H,3-12,14H2,1-2H3,(H,18,19)(H,20,21). The lowest BCUT2D eigenvalue weighted by Gasteiger charge is -2.06. The van der Waals surface area contributed by atoms with Gasteiger partial charge in [0.15, 0.2) is 0 Å². The topological polar surface area (TPSA) is 66.4 Å². The van der Waals surface area contributed by atoms with E-state index in [1.54, 1.807) is 6.08 Å². The summed E-state index contributed by atoms with van der Waals surface area (Å²) >= 11 is 0. The van der Waals surface area contributed by atoms with Crippen LogP contribution in [0.3, 0.4) is 0 Å². The van der Waals surface area contributed by atoms with Crippen molar-refractivity contribution in [2.75, 3.05) is 0 Å². The molecule has 0 aliphatic carbocycles. The second-order valence-electron chi connectivity index (χ2n) is 5.48. The number of hydrogen-bond acceptors (Lipinski definition) is 2. The molecule has 0 aromatic rings. The molecule has 0 saturated heterocycles. The molecule has 2 N–H and O–H groups in total. The van der Waals surface area contributed by atoms with Crippen molar-refractivity contribution in [3.63, 3.8) is 0 Å². The van der Waals surface area contributed by atoms with Crippen molar-refractivity contribution in [1.29, 1.82) is 0 Å². The van der Waals surface area contributed by atoms with Crippen molar-refractivity contribution >= 4 is 11.9 Å². The van der Waals surface area contributed by atoms with Crippen LogP contribution in [0, 0.1) is 0 Å². The summed E-state index contributed by atoms with van der Waals surface area (Å²) < 4.78 is 0. The highest BCUT2D eigenvalue weighted by atomic mass is 16.4. The van der Waals surface area contributed by atoms with Crippen LogP contribution in [-0.4, -0.2) is 17.0 Å². The molecule has 4 heteroatoms. The lowest BCUT2D eigenvalue weighted by molar-refractivity contribution is -0.134. The average Bonchev–Trinajstić information content (AvgIpc) is 2.45. The van der Waals surface area contributed by atoms with Gasteiger partial charge in [-0.25, -0.2) is 4.79 Å². The van der Waals surface area contributed by atoms with Gasteiger partial charge in [0, 0.05) is 6.42 Å². The first-order chi connectivity index (χ1) is 10.1. The third-order valence-corrected chi connectivity index (χ3v) is 3.42. The van der Waals surface area contributed by atoms with E-state index in [0.29, 0.717) is 12.8 Å². The fourth-order valence-corrected chi connectivity index (χ4v) is 2.10. The Kier molecular flexibility index (Phi) is 12.8. The molecule has 0 unspecified atom stereocenters. The van der Waals surface area contributed by atoms with Crippen molar-refractivity contribution in [2.24, 2.45) is 0 Å². The molecule has 122 valence electrons. The Hall–Kier alpha value is -1.32. The van der Waals surface area contributed by atoms with Crippen LogP contribution in [0.5, 0.6) is 0 Å². The molecule has 1 amide bonds. The van der Waals surface area contributed by atoms with E-state index in [0.717, 1.165) is 32.1 Å². The van der Waals surface area contributed by atoms with Gasteiger partial charge in [-0.1, -0.05) is 64.9 Å². The predicted molar refractivity (Wildman–Crippen MR) is 86.0 cm³/mol. The van der Waals surface area contributed by atoms with Crippen LogP contribution in [-0.2, 0) is 9.59 Å². The maximum Gasteiger partial charge on any atom is 0.352 e. The molecule has 0 fully saturated rings. The summed E-state index contributed by atoms with van der Waals surface area (Å²) in [5.41, 5.74) is 0.0244. The second-order valence-corrected chi connectivity index (χ2v) is 5.48. The number of carbonyl (C=O) groups is 2. The van der Waals surface area contributed by atoms with Crippen LogP contribution >= 0.6 is 0 Å². The van der Waals surface area contributed by atoms with Gasteiger partial charge >= 0.3 is 5.97 Å². The molecule has 0 bridgehead atoms.